The van der Waals surface area contributed by atoms with Crippen LogP contribution in [-0.2, 0) is 11.3 Å². The van der Waals surface area contributed by atoms with Crippen LogP contribution in [-0.4, -0.2) is 30.8 Å². The maximum absolute atomic E-state index is 11.4. The lowest BCUT2D eigenvalue weighted by Gasteiger charge is -2.25. The number of carbonyl (C=O) groups excluding carboxylic acids is 1. The molecule has 0 radical (unpaired) electrons. The maximum Gasteiger partial charge on any atom is 0.374 e. The first-order chi connectivity index (χ1) is 9.20. The monoisotopic (exact) mass is 267 g/mol. The Hall–Kier alpha value is -1.33. The number of carbonyl (C=O) groups is 1. The van der Waals surface area contributed by atoms with Crippen LogP contribution in [0.25, 0.3) is 0 Å². The second kappa shape index (κ2) is 6.73. The summed E-state index contributed by atoms with van der Waals surface area (Å²) in [5, 5.41) is 12.9. The van der Waals surface area contributed by atoms with Gasteiger partial charge in [0.25, 0.3) is 0 Å². The van der Waals surface area contributed by atoms with Gasteiger partial charge in [0.15, 0.2) is 0 Å². The van der Waals surface area contributed by atoms with Crippen molar-refractivity contribution in [2.24, 2.45) is 5.92 Å². The summed E-state index contributed by atoms with van der Waals surface area (Å²) < 4.78 is 9.77. The van der Waals surface area contributed by atoms with E-state index in [-0.39, 0.29) is 11.9 Å². The number of furan rings is 1. The molecule has 0 saturated heterocycles. The Labute approximate surface area is 112 Å². The second-order valence-electron chi connectivity index (χ2n) is 5.08. The molecule has 5 heteroatoms. The molecule has 1 heterocycles. The Morgan fingerprint density at radius 1 is 1.58 bits per heavy atom. The van der Waals surface area contributed by atoms with Gasteiger partial charge >= 0.3 is 5.97 Å². The first kappa shape index (κ1) is 14.1. The van der Waals surface area contributed by atoms with Crippen LogP contribution in [0.15, 0.2) is 16.7 Å². The standard InChI is InChI=1S/C14H21NO4/c1-18-14(17)13-11(5-6-19-13)9-15-8-10-3-2-4-12(16)7-10/h5-6,10,12,15-16H,2-4,7-9H2,1H3. The summed E-state index contributed by atoms with van der Waals surface area (Å²) in [6.45, 7) is 1.43. The average molecular weight is 267 g/mol. The molecule has 2 atom stereocenters. The first-order valence-corrected chi connectivity index (χ1v) is 6.74. The van der Waals surface area contributed by atoms with Gasteiger partial charge in [0.1, 0.15) is 0 Å². The zero-order valence-electron chi connectivity index (χ0n) is 11.2. The molecular formula is C14H21NO4. The number of ether oxygens (including phenoxy) is 1. The summed E-state index contributed by atoms with van der Waals surface area (Å²) in [5.41, 5.74) is 0.809. The largest absolute Gasteiger partial charge is 0.463 e. The zero-order valence-corrected chi connectivity index (χ0v) is 11.2. The van der Waals surface area contributed by atoms with Crippen molar-refractivity contribution in [3.63, 3.8) is 0 Å². The molecule has 2 rings (SSSR count). The Kier molecular flexibility index (Phi) is 4.99. The highest BCUT2D eigenvalue weighted by Crippen LogP contribution is 2.23. The Balaban J connectivity index is 1.79. The SMILES string of the molecule is COC(=O)c1occc1CNCC1CCCC(O)C1. The number of rotatable bonds is 5. The van der Waals surface area contributed by atoms with Crippen LogP contribution >= 0.6 is 0 Å². The van der Waals surface area contributed by atoms with E-state index in [2.05, 4.69) is 10.1 Å². The fourth-order valence-electron chi connectivity index (χ4n) is 2.61. The van der Waals surface area contributed by atoms with E-state index in [1.165, 1.54) is 13.4 Å². The van der Waals surface area contributed by atoms with Gasteiger partial charge in [-0.2, -0.15) is 0 Å². The number of aliphatic hydroxyl groups excluding tert-OH is 1. The van der Waals surface area contributed by atoms with E-state index >= 15 is 0 Å². The highest BCUT2D eigenvalue weighted by molar-refractivity contribution is 5.87. The molecule has 2 unspecified atom stereocenters. The molecule has 0 aliphatic heterocycles. The van der Waals surface area contributed by atoms with Crippen LogP contribution in [0.1, 0.15) is 41.8 Å². The molecule has 0 spiro atoms. The maximum atomic E-state index is 11.4. The lowest BCUT2D eigenvalue weighted by atomic mass is 9.87. The van der Waals surface area contributed by atoms with Gasteiger partial charge in [0.05, 0.1) is 19.5 Å². The minimum Gasteiger partial charge on any atom is -0.463 e. The average Bonchev–Trinajstić information content (AvgIpc) is 2.86. The van der Waals surface area contributed by atoms with Crippen LogP contribution in [0, 0.1) is 5.92 Å². The van der Waals surface area contributed by atoms with Crippen LogP contribution in [0.5, 0.6) is 0 Å². The molecule has 1 aliphatic carbocycles. The summed E-state index contributed by atoms with van der Waals surface area (Å²) in [5.74, 6) is 0.325. The van der Waals surface area contributed by atoms with Crippen molar-refractivity contribution in [3.05, 3.63) is 23.7 Å². The van der Waals surface area contributed by atoms with Crippen molar-refractivity contribution in [1.29, 1.82) is 0 Å². The van der Waals surface area contributed by atoms with Crippen molar-refractivity contribution in [2.45, 2.75) is 38.3 Å². The Morgan fingerprint density at radius 3 is 3.16 bits per heavy atom. The molecule has 1 aliphatic rings. The van der Waals surface area contributed by atoms with Gasteiger partial charge in [-0.25, -0.2) is 4.79 Å². The molecule has 1 saturated carbocycles. The molecule has 5 nitrogen and oxygen atoms in total. The molecule has 2 N–H and O–H groups in total. The van der Waals surface area contributed by atoms with Gasteiger partial charge < -0.3 is 19.6 Å². The molecule has 0 aromatic carbocycles. The lowest BCUT2D eigenvalue weighted by molar-refractivity contribution is 0.0563. The third kappa shape index (κ3) is 3.81. The predicted molar refractivity (Wildman–Crippen MR) is 69.7 cm³/mol. The molecule has 19 heavy (non-hydrogen) atoms. The van der Waals surface area contributed by atoms with E-state index in [4.69, 9.17) is 4.42 Å². The quantitative estimate of drug-likeness (QED) is 0.795. The molecule has 106 valence electrons. The summed E-state index contributed by atoms with van der Waals surface area (Å²) in [7, 11) is 1.34. The molecular weight excluding hydrogens is 246 g/mol. The fourth-order valence-corrected chi connectivity index (χ4v) is 2.61. The van der Waals surface area contributed by atoms with E-state index in [1.807, 2.05) is 0 Å². The van der Waals surface area contributed by atoms with Gasteiger partial charge in [-0.05, 0) is 37.8 Å². The van der Waals surface area contributed by atoms with E-state index in [1.54, 1.807) is 6.07 Å². The number of methoxy groups -OCH3 is 1. The van der Waals surface area contributed by atoms with Crippen molar-refractivity contribution < 1.29 is 19.1 Å². The minimum atomic E-state index is -0.449. The van der Waals surface area contributed by atoms with Crippen LogP contribution in [0.4, 0.5) is 0 Å². The van der Waals surface area contributed by atoms with E-state index < -0.39 is 5.97 Å². The molecule has 1 aromatic rings. The number of nitrogens with one attached hydrogen (secondary N) is 1. The third-order valence-electron chi connectivity index (χ3n) is 3.62. The predicted octanol–water partition coefficient (Wildman–Crippen LogP) is 1.71. The van der Waals surface area contributed by atoms with Crippen molar-refractivity contribution >= 4 is 5.97 Å². The minimum absolute atomic E-state index is 0.153. The van der Waals surface area contributed by atoms with Gasteiger partial charge in [-0.3, -0.25) is 0 Å². The summed E-state index contributed by atoms with van der Waals surface area (Å²) in [6, 6.07) is 1.77. The van der Waals surface area contributed by atoms with E-state index in [0.717, 1.165) is 37.8 Å². The van der Waals surface area contributed by atoms with Crippen LogP contribution in [0.3, 0.4) is 0 Å². The molecule has 0 amide bonds. The smallest absolute Gasteiger partial charge is 0.374 e. The third-order valence-corrected chi connectivity index (χ3v) is 3.62. The van der Waals surface area contributed by atoms with Crippen molar-refractivity contribution in [2.75, 3.05) is 13.7 Å². The Bertz CT molecular complexity index is 415. The van der Waals surface area contributed by atoms with Crippen molar-refractivity contribution in [3.8, 4) is 0 Å². The van der Waals surface area contributed by atoms with Crippen LogP contribution < -0.4 is 5.32 Å². The van der Waals surface area contributed by atoms with Crippen LogP contribution in [0.2, 0.25) is 0 Å². The molecule has 1 aromatic heterocycles. The fraction of sp³-hybridized carbons (Fsp3) is 0.643. The number of aliphatic hydroxyl groups is 1. The zero-order chi connectivity index (χ0) is 13.7. The lowest BCUT2D eigenvalue weighted by Crippen LogP contribution is -2.29. The molecule has 1 fully saturated rings. The van der Waals surface area contributed by atoms with Crippen molar-refractivity contribution in [1.82, 2.24) is 5.32 Å². The highest BCUT2D eigenvalue weighted by Gasteiger charge is 2.20. The Morgan fingerprint density at radius 2 is 2.42 bits per heavy atom. The second-order valence-corrected chi connectivity index (χ2v) is 5.08. The van der Waals surface area contributed by atoms with Gasteiger partial charge in [-0.1, -0.05) is 6.42 Å². The number of hydrogen-bond donors (Lipinski definition) is 2. The topological polar surface area (TPSA) is 71.7 Å². The number of esters is 1. The van der Waals surface area contributed by atoms with E-state index in [9.17, 15) is 9.90 Å². The van der Waals surface area contributed by atoms with Gasteiger partial charge in [0, 0.05) is 12.1 Å². The molecule has 0 bridgehead atoms. The summed E-state index contributed by atoms with van der Waals surface area (Å²) in [6.07, 6.45) is 5.37. The van der Waals surface area contributed by atoms with Gasteiger partial charge in [-0.15, -0.1) is 0 Å². The normalized spacial score (nSPS) is 23.3. The highest BCUT2D eigenvalue weighted by atomic mass is 16.5. The number of hydrogen-bond acceptors (Lipinski definition) is 5. The first-order valence-electron chi connectivity index (χ1n) is 6.74. The van der Waals surface area contributed by atoms with E-state index in [0.29, 0.717) is 12.5 Å². The summed E-state index contributed by atoms with van der Waals surface area (Å²) in [4.78, 5) is 11.4. The summed E-state index contributed by atoms with van der Waals surface area (Å²) >= 11 is 0. The van der Waals surface area contributed by atoms with Gasteiger partial charge in [0.2, 0.25) is 5.76 Å².